The van der Waals surface area contributed by atoms with Gasteiger partial charge in [0.25, 0.3) is 5.91 Å². The summed E-state index contributed by atoms with van der Waals surface area (Å²) in [5, 5.41) is 6.07. The number of rotatable bonds is 3. The fourth-order valence-corrected chi connectivity index (χ4v) is 2.69. The van der Waals surface area contributed by atoms with E-state index in [0.29, 0.717) is 11.5 Å². The second-order valence-corrected chi connectivity index (χ2v) is 5.24. The lowest BCUT2D eigenvalue weighted by Gasteiger charge is -2.25. The summed E-state index contributed by atoms with van der Waals surface area (Å²) >= 11 is 0. The average Bonchev–Trinajstić information content (AvgIpc) is 3.03. The number of hydrogen-bond donors (Lipinski definition) is 2. The first-order chi connectivity index (χ1) is 11.8. The first-order valence-corrected chi connectivity index (χ1v) is 7.44. The van der Waals surface area contributed by atoms with E-state index in [2.05, 4.69) is 25.6 Å². The van der Waals surface area contributed by atoms with Gasteiger partial charge in [0.05, 0.1) is 5.70 Å². The van der Waals surface area contributed by atoms with Gasteiger partial charge in [0, 0.05) is 24.8 Å². The third-order valence-electron chi connectivity index (χ3n) is 3.78. The van der Waals surface area contributed by atoms with E-state index in [1.807, 2.05) is 41.5 Å². The first kappa shape index (κ1) is 14.1. The van der Waals surface area contributed by atoms with E-state index >= 15 is 0 Å². The van der Waals surface area contributed by atoms with Gasteiger partial charge in [-0.1, -0.05) is 6.08 Å². The third-order valence-corrected chi connectivity index (χ3v) is 3.78. The van der Waals surface area contributed by atoms with Crippen LogP contribution < -0.4 is 10.6 Å². The smallest absolute Gasteiger partial charge is 0.275 e. The van der Waals surface area contributed by atoms with Gasteiger partial charge in [0.2, 0.25) is 0 Å². The molecule has 2 aliphatic rings. The molecule has 0 spiro atoms. The van der Waals surface area contributed by atoms with Crippen molar-refractivity contribution in [1.82, 2.24) is 25.2 Å². The Balaban J connectivity index is 1.64. The molecule has 2 aliphatic heterocycles. The minimum Gasteiger partial charge on any atom is -0.355 e. The van der Waals surface area contributed by atoms with Crippen LogP contribution in [0.3, 0.4) is 0 Å². The molecule has 2 N–H and O–H groups in total. The van der Waals surface area contributed by atoms with E-state index < -0.39 is 0 Å². The number of allylic oxidation sites excluding steroid dienone is 3. The molecule has 1 unspecified atom stereocenters. The minimum absolute atomic E-state index is 0.157. The van der Waals surface area contributed by atoms with Crippen LogP contribution in [-0.4, -0.2) is 25.8 Å². The van der Waals surface area contributed by atoms with Crippen LogP contribution in [-0.2, 0) is 4.79 Å². The van der Waals surface area contributed by atoms with Gasteiger partial charge in [-0.15, -0.1) is 0 Å². The van der Waals surface area contributed by atoms with Gasteiger partial charge in [0.15, 0.2) is 0 Å². The van der Waals surface area contributed by atoms with Crippen LogP contribution in [0.5, 0.6) is 0 Å². The van der Waals surface area contributed by atoms with Crippen LogP contribution in [0.25, 0.3) is 0 Å². The maximum absolute atomic E-state index is 12.7. The number of carbonyl (C=O) groups is 1. The molecule has 2 aromatic rings. The SMILES string of the molecule is O=C(Nc1ccncn1)C1=C2C=CC=CN2C(c2ccncc2)N1. The van der Waals surface area contributed by atoms with Gasteiger partial charge in [-0.3, -0.25) is 9.78 Å². The number of amides is 1. The molecule has 7 heteroatoms. The molecule has 0 aliphatic carbocycles. The molecule has 7 nitrogen and oxygen atoms in total. The number of fused-ring (bicyclic) bond motifs is 1. The number of anilines is 1. The van der Waals surface area contributed by atoms with E-state index in [0.717, 1.165) is 11.3 Å². The highest BCUT2D eigenvalue weighted by atomic mass is 16.2. The molecule has 0 saturated heterocycles. The maximum Gasteiger partial charge on any atom is 0.275 e. The fourth-order valence-electron chi connectivity index (χ4n) is 2.69. The molecular formula is C17H14N6O. The Morgan fingerprint density at radius 3 is 2.75 bits per heavy atom. The summed E-state index contributed by atoms with van der Waals surface area (Å²) in [6.45, 7) is 0. The molecule has 2 aromatic heterocycles. The van der Waals surface area contributed by atoms with Gasteiger partial charge in [-0.2, -0.15) is 0 Å². The lowest BCUT2D eigenvalue weighted by atomic mass is 10.2. The summed E-state index contributed by atoms with van der Waals surface area (Å²) in [7, 11) is 0. The number of nitrogens with zero attached hydrogens (tertiary/aromatic N) is 4. The van der Waals surface area contributed by atoms with E-state index in [4.69, 9.17) is 0 Å². The predicted molar refractivity (Wildman–Crippen MR) is 87.9 cm³/mol. The number of aromatic nitrogens is 3. The second kappa shape index (κ2) is 5.96. The standard InChI is InChI=1S/C17H14N6O/c24-17(21-14-6-9-19-11-20-14)15-13-3-1-2-10-23(13)16(22-15)12-4-7-18-8-5-12/h1-11,16,22H,(H,19,20,21,24). The van der Waals surface area contributed by atoms with Crippen molar-refractivity contribution in [3.8, 4) is 0 Å². The van der Waals surface area contributed by atoms with Crippen molar-refractivity contribution >= 4 is 11.7 Å². The minimum atomic E-state index is -0.245. The van der Waals surface area contributed by atoms with Gasteiger partial charge in [0.1, 0.15) is 24.0 Å². The Morgan fingerprint density at radius 1 is 1.12 bits per heavy atom. The highest BCUT2D eigenvalue weighted by Crippen LogP contribution is 2.33. The molecule has 0 aromatic carbocycles. The number of hydrogen-bond acceptors (Lipinski definition) is 6. The highest BCUT2D eigenvalue weighted by Gasteiger charge is 2.33. The molecule has 4 heterocycles. The topological polar surface area (TPSA) is 83.0 Å². The summed E-state index contributed by atoms with van der Waals surface area (Å²) in [6.07, 6.45) is 14.0. The number of pyridine rings is 1. The van der Waals surface area contributed by atoms with Crippen molar-refractivity contribution in [2.75, 3.05) is 5.32 Å². The Kier molecular flexibility index (Phi) is 3.51. The van der Waals surface area contributed by atoms with Crippen LogP contribution in [0.1, 0.15) is 11.7 Å². The summed E-state index contributed by atoms with van der Waals surface area (Å²) in [5.41, 5.74) is 2.33. The lowest BCUT2D eigenvalue weighted by molar-refractivity contribution is -0.113. The number of nitrogens with one attached hydrogen (secondary N) is 2. The Labute approximate surface area is 138 Å². The number of carbonyl (C=O) groups excluding carboxylic acids is 1. The van der Waals surface area contributed by atoms with Crippen LogP contribution in [0.15, 0.2) is 78.9 Å². The van der Waals surface area contributed by atoms with E-state index in [1.165, 1.54) is 6.33 Å². The van der Waals surface area contributed by atoms with E-state index in [1.54, 1.807) is 24.7 Å². The molecule has 118 valence electrons. The van der Waals surface area contributed by atoms with Crippen molar-refractivity contribution in [2.45, 2.75) is 6.17 Å². The zero-order valence-corrected chi connectivity index (χ0v) is 12.6. The van der Waals surface area contributed by atoms with Crippen molar-refractivity contribution in [3.05, 3.63) is 84.5 Å². The first-order valence-electron chi connectivity index (χ1n) is 7.44. The molecule has 0 bridgehead atoms. The molecule has 0 fully saturated rings. The summed E-state index contributed by atoms with van der Waals surface area (Å²) in [4.78, 5) is 26.6. The van der Waals surface area contributed by atoms with E-state index in [-0.39, 0.29) is 12.1 Å². The Morgan fingerprint density at radius 2 is 1.96 bits per heavy atom. The molecule has 1 atom stereocenters. The normalized spacial score (nSPS) is 18.3. The van der Waals surface area contributed by atoms with Crippen LogP contribution in [0, 0.1) is 0 Å². The van der Waals surface area contributed by atoms with Crippen molar-refractivity contribution in [1.29, 1.82) is 0 Å². The quantitative estimate of drug-likeness (QED) is 0.896. The van der Waals surface area contributed by atoms with Crippen molar-refractivity contribution in [2.24, 2.45) is 0 Å². The summed E-state index contributed by atoms with van der Waals surface area (Å²) in [6, 6.07) is 5.49. The zero-order valence-electron chi connectivity index (χ0n) is 12.6. The molecular weight excluding hydrogens is 304 g/mol. The van der Waals surface area contributed by atoms with Crippen molar-refractivity contribution < 1.29 is 4.79 Å². The fraction of sp³-hybridized carbons (Fsp3) is 0.0588. The highest BCUT2D eigenvalue weighted by molar-refractivity contribution is 6.04. The summed E-state index contributed by atoms with van der Waals surface area (Å²) < 4.78 is 0. The van der Waals surface area contributed by atoms with Crippen molar-refractivity contribution in [3.63, 3.8) is 0 Å². The molecule has 0 radical (unpaired) electrons. The largest absolute Gasteiger partial charge is 0.355 e. The monoisotopic (exact) mass is 318 g/mol. The maximum atomic E-state index is 12.7. The lowest BCUT2D eigenvalue weighted by Crippen LogP contribution is -2.28. The molecule has 24 heavy (non-hydrogen) atoms. The van der Waals surface area contributed by atoms with Gasteiger partial charge in [-0.25, -0.2) is 9.97 Å². The average molecular weight is 318 g/mol. The second-order valence-electron chi connectivity index (χ2n) is 5.24. The van der Waals surface area contributed by atoms with Gasteiger partial charge in [-0.05, 0) is 35.9 Å². The van der Waals surface area contributed by atoms with Gasteiger partial charge >= 0.3 is 0 Å². The van der Waals surface area contributed by atoms with Gasteiger partial charge < -0.3 is 15.5 Å². The van der Waals surface area contributed by atoms with Crippen LogP contribution >= 0.6 is 0 Å². The molecule has 0 saturated carbocycles. The summed E-state index contributed by atoms with van der Waals surface area (Å²) in [5.74, 6) is 0.212. The van der Waals surface area contributed by atoms with E-state index in [9.17, 15) is 4.79 Å². The predicted octanol–water partition coefficient (Wildman–Crippen LogP) is 1.71. The van der Waals surface area contributed by atoms with Crippen LogP contribution in [0.4, 0.5) is 5.82 Å². The Hall–Kier alpha value is -3.48. The Bertz CT molecular complexity index is 844. The third kappa shape index (κ3) is 2.52. The molecule has 4 rings (SSSR count). The van der Waals surface area contributed by atoms with Crippen LogP contribution in [0.2, 0.25) is 0 Å². The zero-order chi connectivity index (χ0) is 16.4. The molecule has 1 amide bonds.